The summed E-state index contributed by atoms with van der Waals surface area (Å²) in [5.74, 6) is 0.944. The Morgan fingerprint density at radius 3 is 2.77 bits per heavy atom. The van der Waals surface area contributed by atoms with Crippen molar-refractivity contribution in [3.05, 3.63) is 78.0 Å². The number of H-pyrrole nitrogens is 1. The van der Waals surface area contributed by atoms with E-state index < -0.39 is 0 Å². The fourth-order valence-corrected chi connectivity index (χ4v) is 2.86. The summed E-state index contributed by atoms with van der Waals surface area (Å²) in [4.78, 5) is 3.31. The van der Waals surface area contributed by atoms with Crippen molar-refractivity contribution >= 4 is 10.9 Å². The van der Waals surface area contributed by atoms with Gasteiger partial charge in [0.1, 0.15) is 12.2 Å². The highest BCUT2D eigenvalue weighted by atomic mass is 15.3. The smallest absolute Gasteiger partial charge is 0.141 e. The van der Waals surface area contributed by atoms with E-state index in [-0.39, 0.29) is 0 Å². The van der Waals surface area contributed by atoms with Gasteiger partial charge in [0.05, 0.1) is 5.69 Å². The van der Waals surface area contributed by atoms with Crippen LogP contribution in [0, 0.1) is 6.92 Å². The number of aromatic nitrogens is 4. The number of nitrogens with zero attached hydrogens (tertiary/aromatic N) is 3. The molecule has 0 aliphatic carbocycles. The molecule has 0 amide bonds. The zero-order chi connectivity index (χ0) is 14.9. The molecule has 0 saturated carbocycles. The fourth-order valence-electron chi connectivity index (χ4n) is 2.86. The Balaban J connectivity index is 1.76. The van der Waals surface area contributed by atoms with Crippen LogP contribution in [0.15, 0.2) is 61.1 Å². The molecule has 0 fully saturated rings. The summed E-state index contributed by atoms with van der Waals surface area (Å²) in [5.41, 5.74) is 4.72. The van der Waals surface area contributed by atoms with E-state index in [4.69, 9.17) is 0 Å². The molecule has 2 aromatic heterocycles. The molecule has 4 aromatic rings. The molecular weight excluding hydrogens is 272 g/mol. The maximum atomic E-state index is 4.31. The second kappa shape index (κ2) is 5.15. The van der Waals surface area contributed by atoms with Crippen LogP contribution in [-0.2, 0) is 6.42 Å². The Morgan fingerprint density at radius 2 is 1.86 bits per heavy atom. The normalized spacial score (nSPS) is 11.1. The van der Waals surface area contributed by atoms with Gasteiger partial charge in [-0.2, -0.15) is 0 Å². The van der Waals surface area contributed by atoms with Crippen LogP contribution in [0.2, 0.25) is 0 Å². The van der Waals surface area contributed by atoms with Gasteiger partial charge in [0.15, 0.2) is 0 Å². The zero-order valence-electron chi connectivity index (χ0n) is 12.3. The number of aromatic amines is 1. The number of para-hydroxylation sites is 2. The van der Waals surface area contributed by atoms with Crippen LogP contribution >= 0.6 is 0 Å². The van der Waals surface area contributed by atoms with Gasteiger partial charge < -0.3 is 4.98 Å². The number of hydrogen-bond donors (Lipinski definition) is 1. The summed E-state index contributed by atoms with van der Waals surface area (Å²) in [6.45, 7) is 2.10. The minimum Gasteiger partial charge on any atom is -0.361 e. The van der Waals surface area contributed by atoms with Crippen molar-refractivity contribution in [2.75, 3.05) is 0 Å². The first-order valence-corrected chi connectivity index (χ1v) is 7.33. The van der Waals surface area contributed by atoms with E-state index in [1.54, 1.807) is 6.33 Å². The van der Waals surface area contributed by atoms with Crippen LogP contribution in [0.5, 0.6) is 0 Å². The number of nitrogens with one attached hydrogen (secondary N) is 1. The van der Waals surface area contributed by atoms with Crippen molar-refractivity contribution in [2.45, 2.75) is 13.3 Å². The van der Waals surface area contributed by atoms with E-state index in [2.05, 4.69) is 63.2 Å². The van der Waals surface area contributed by atoms with Gasteiger partial charge in [0, 0.05) is 23.5 Å². The molecule has 0 bridgehead atoms. The average Bonchev–Trinajstić information content (AvgIpc) is 3.16. The maximum Gasteiger partial charge on any atom is 0.141 e. The third kappa shape index (κ3) is 2.09. The largest absolute Gasteiger partial charge is 0.361 e. The minimum atomic E-state index is 0.748. The molecule has 0 atom stereocenters. The maximum absolute atomic E-state index is 4.31. The topological polar surface area (TPSA) is 46.5 Å². The molecule has 0 spiro atoms. The second-order valence-corrected chi connectivity index (χ2v) is 5.44. The molecule has 0 saturated heterocycles. The second-order valence-electron chi connectivity index (χ2n) is 5.44. The van der Waals surface area contributed by atoms with E-state index in [9.17, 15) is 0 Å². The predicted octanol–water partition coefficient (Wildman–Crippen LogP) is 3.65. The standard InChI is InChI=1S/C18H16N4/c1-13-6-2-5-9-17(13)22-12-20-21-18(22)10-14-11-19-16-8-4-3-7-15(14)16/h2-9,11-12,19H,10H2,1H3. The number of hydrogen-bond acceptors (Lipinski definition) is 2. The third-order valence-corrected chi connectivity index (χ3v) is 4.02. The van der Waals surface area contributed by atoms with Crippen LogP contribution in [0.1, 0.15) is 17.0 Å². The highest BCUT2D eigenvalue weighted by molar-refractivity contribution is 5.83. The number of benzene rings is 2. The van der Waals surface area contributed by atoms with Crippen LogP contribution in [0.25, 0.3) is 16.6 Å². The van der Waals surface area contributed by atoms with Crippen LogP contribution in [0.4, 0.5) is 0 Å². The van der Waals surface area contributed by atoms with Crippen molar-refractivity contribution in [1.29, 1.82) is 0 Å². The summed E-state index contributed by atoms with van der Waals surface area (Å²) >= 11 is 0. The summed E-state index contributed by atoms with van der Waals surface area (Å²) < 4.78 is 2.07. The Labute approximate surface area is 128 Å². The van der Waals surface area contributed by atoms with Gasteiger partial charge in [-0.1, -0.05) is 36.4 Å². The fraction of sp³-hybridized carbons (Fsp3) is 0.111. The lowest BCUT2D eigenvalue weighted by molar-refractivity contribution is 0.904. The Bertz CT molecular complexity index is 933. The molecule has 22 heavy (non-hydrogen) atoms. The molecule has 4 nitrogen and oxygen atoms in total. The van der Waals surface area contributed by atoms with E-state index >= 15 is 0 Å². The molecule has 4 heteroatoms. The lowest BCUT2D eigenvalue weighted by atomic mass is 10.1. The summed E-state index contributed by atoms with van der Waals surface area (Å²) in [7, 11) is 0. The van der Waals surface area contributed by atoms with Crippen LogP contribution < -0.4 is 0 Å². The van der Waals surface area contributed by atoms with Gasteiger partial charge in [-0.3, -0.25) is 4.57 Å². The van der Waals surface area contributed by atoms with Crippen LogP contribution in [0.3, 0.4) is 0 Å². The Morgan fingerprint density at radius 1 is 1.05 bits per heavy atom. The molecule has 0 aliphatic heterocycles. The highest BCUT2D eigenvalue weighted by Gasteiger charge is 2.11. The van der Waals surface area contributed by atoms with E-state index in [1.807, 2.05) is 18.2 Å². The predicted molar refractivity (Wildman–Crippen MR) is 87.2 cm³/mol. The van der Waals surface area contributed by atoms with Gasteiger partial charge in [0.25, 0.3) is 0 Å². The lowest BCUT2D eigenvalue weighted by Gasteiger charge is -2.09. The molecule has 4 rings (SSSR count). The van der Waals surface area contributed by atoms with Gasteiger partial charge in [-0.15, -0.1) is 10.2 Å². The Kier molecular flexibility index (Phi) is 3.00. The molecule has 2 heterocycles. The van der Waals surface area contributed by atoms with Gasteiger partial charge in [0.2, 0.25) is 0 Å². The van der Waals surface area contributed by atoms with Gasteiger partial charge in [-0.25, -0.2) is 0 Å². The van der Waals surface area contributed by atoms with Crippen molar-refractivity contribution in [3.8, 4) is 5.69 Å². The molecule has 2 aromatic carbocycles. The quantitative estimate of drug-likeness (QED) is 0.625. The molecule has 0 aliphatic rings. The summed E-state index contributed by atoms with van der Waals surface area (Å²) in [5, 5.41) is 9.66. The van der Waals surface area contributed by atoms with Crippen LogP contribution in [-0.4, -0.2) is 19.7 Å². The van der Waals surface area contributed by atoms with E-state index in [0.717, 1.165) is 23.4 Å². The summed E-state index contributed by atoms with van der Waals surface area (Å²) in [6.07, 6.45) is 4.59. The molecule has 108 valence electrons. The SMILES string of the molecule is Cc1ccccc1-n1cnnc1Cc1c[nH]c2ccccc12. The number of rotatable bonds is 3. The first-order valence-electron chi connectivity index (χ1n) is 7.33. The monoisotopic (exact) mass is 288 g/mol. The van der Waals surface area contributed by atoms with Crippen molar-refractivity contribution in [2.24, 2.45) is 0 Å². The number of fused-ring (bicyclic) bond motifs is 1. The van der Waals surface area contributed by atoms with E-state index in [0.29, 0.717) is 0 Å². The van der Waals surface area contributed by atoms with Crippen molar-refractivity contribution < 1.29 is 0 Å². The first-order chi connectivity index (χ1) is 10.8. The average molecular weight is 288 g/mol. The zero-order valence-corrected chi connectivity index (χ0v) is 12.3. The highest BCUT2D eigenvalue weighted by Crippen LogP contribution is 2.22. The van der Waals surface area contributed by atoms with Gasteiger partial charge >= 0.3 is 0 Å². The van der Waals surface area contributed by atoms with Crippen molar-refractivity contribution in [1.82, 2.24) is 19.7 Å². The summed E-state index contributed by atoms with van der Waals surface area (Å²) in [6, 6.07) is 16.6. The molecule has 1 N–H and O–H groups in total. The molecular formula is C18H16N4. The molecule has 0 unspecified atom stereocenters. The Hall–Kier alpha value is -2.88. The number of aryl methyl sites for hydroxylation is 1. The van der Waals surface area contributed by atoms with Gasteiger partial charge in [-0.05, 0) is 30.2 Å². The minimum absolute atomic E-state index is 0.748. The molecule has 0 radical (unpaired) electrons. The van der Waals surface area contributed by atoms with Crippen molar-refractivity contribution in [3.63, 3.8) is 0 Å². The van der Waals surface area contributed by atoms with E-state index in [1.165, 1.54) is 16.5 Å². The lowest BCUT2D eigenvalue weighted by Crippen LogP contribution is -2.02. The third-order valence-electron chi connectivity index (χ3n) is 4.02. The first kappa shape index (κ1) is 12.8.